The summed E-state index contributed by atoms with van der Waals surface area (Å²) in [6.45, 7) is 7.94. The molecule has 3 aromatic heterocycles. The van der Waals surface area contributed by atoms with Crippen LogP contribution in [0.5, 0.6) is 0 Å². The number of benzene rings is 1. The molecule has 2 N–H and O–H groups in total. The SMILES string of the molecule is CCC(C)(C)c1ccc(CCNC2CCC(c3nnn4cnc5[nH]ccc5c34)CC2)cc1. The van der Waals surface area contributed by atoms with Crippen LogP contribution in [-0.2, 0) is 11.8 Å². The first-order valence-corrected chi connectivity index (χ1v) is 12.0. The van der Waals surface area contributed by atoms with Gasteiger partial charge in [0.1, 0.15) is 17.5 Å². The van der Waals surface area contributed by atoms with Gasteiger partial charge in [0.15, 0.2) is 0 Å². The molecule has 1 aliphatic rings. The molecule has 0 radical (unpaired) electrons. The van der Waals surface area contributed by atoms with Crippen LogP contribution in [0.25, 0.3) is 16.6 Å². The lowest BCUT2D eigenvalue weighted by Gasteiger charge is -2.28. The van der Waals surface area contributed by atoms with E-state index in [1.54, 1.807) is 6.33 Å². The summed E-state index contributed by atoms with van der Waals surface area (Å²) in [5, 5.41) is 13.8. The van der Waals surface area contributed by atoms with Crippen molar-refractivity contribution in [2.45, 2.75) is 76.7 Å². The predicted molar refractivity (Wildman–Crippen MR) is 129 cm³/mol. The molecule has 0 saturated heterocycles. The minimum absolute atomic E-state index is 0.259. The van der Waals surface area contributed by atoms with E-state index < -0.39 is 0 Å². The van der Waals surface area contributed by atoms with E-state index in [1.165, 1.54) is 24.0 Å². The number of fused-ring (bicyclic) bond motifs is 3. The van der Waals surface area contributed by atoms with Gasteiger partial charge in [0.2, 0.25) is 0 Å². The molecule has 0 spiro atoms. The van der Waals surface area contributed by atoms with Crippen LogP contribution in [-0.4, -0.2) is 37.4 Å². The molecule has 1 saturated carbocycles. The van der Waals surface area contributed by atoms with Gasteiger partial charge in [-0.3, -0.25) is 0 Å². The fourth-order valence-corrected chi connectivity index (χ4v) is 5.01. The van der Waals surface area contributed by atoms with Crippen LogP contribution in [0.2, 0.25) is 0 Å². The van der Waals surface area contributed by atoms with Crippen molar-refractivity contribution in [2.24, 2.45) is 0 Å². The fraction of sp³-hybridized carbons (Fsp3) is 0.500. The molecule has 1 fully saturated rings. The van der Waals surface area contributed by atoms with Gasteiger partial charge in [-0.1, -0.05) is 50.3 Å². The lowest BCUT2D eigenvalue weighted by molar-refractivity contribution is 0.342. The number of hydrogen-bond donors (Lipinski definition) is 2. The summed E-state index contributed by atoms with van der Waals surface area (Å²) in [4.78, 5) is 7.61. The van der Waals surface area contributed by atoms with Crippen LogP contribution < -0.4 is 5.32 Å². The van der Waals surface area contributed by atoms with Crippen molar-refractivity contribution in [3.8, 4) is 0 Å². The molecular formula is C26H34N6. The summed E-state index contributed by atoms with van der Waals surface area (Å²) in [6, 6.07) is 11.9. The summed E-state index contributed by atoms with van der Waals surface area (Å²) in [5.74, 6) is 0.473. The molecule has 0 unspecified atom stereocenters. The first kappa shape index (κ1) is 21.1. The lowest BCUT2D eigenvalue weighted by Crippen LogP contribution is -2.34. The zero-order chi connectivity index (χ0) is 22.1. The Labute approximate surface area is 189 Å². The van der Waals surface area contributed by atoms with Crippen LogP contribution >= 0.6 is 0 Å². The van der Waals surface area contributed by atoms with Gasteiger partial charge in [0.25, 0.3) is 0 Å². The maximum Gasteiger partial charge on any atom is 0.141 e. The van der Waals surface area contributed by atoms with Crippen molar-refractivity contribution >= 4 is 16.6 Å². The second-order valence-electron chi connectivity index (χ2n) is 9.94. The smallest absolute Gasteiger partial charge is 0.141 e. The molecule has 5 rings (SSSR count). The highest BCUT2D eigenvalue weighted by atomic mass is 15.4. The highest BCUT2D eigenvalue weighted by Crippen LogP contribution is 2.35. The maximum absolute atomic E-state index is 4.54. The van der Waals surface area contributed by atoms with E-state index in [1.807, 2.05) is 10.7 Å². The van der Waals surface area contributed by atoms with Gasteiger partial charge in [0, 0.05) is 23.5 Å². The quantitative estimate of drug-likeness (QED) is 0.425. The molecule has 1 aliphatic carbocycles. The molecule has 0 aliphatic heterocycles. The van der Waals surface area contributed by atoms with E-state index in [9.17, 15) is 0 Å². The number of aromatic nitrogens is 5. The van der Waals surface area contributed by atoms with Gasteiger partial charge in [-0.25, -0.2) is 9.50 Å². The molecule has 6 heteroatoms. The van der Waals surface area contributed by atoms with Crippen molar-refractivity contribution in [3.05, 3.63) is 59.7 Å². The van der Waals surface area contributed by atoms with Crippen LogP contribution in [0.3, 0.4) is 0 Å². The van der Waals surface area contributed by atoms with Gasteiger partial charge < -0.3 is 10.3 Å². The van der Waals surface area contributed by atoms with Gasteiger partial charge in [-0.2, -0.15) is 0 Å². The maximum atomic E-state index is 4.54. The third kappa shape index (κ3) is 4.04. The molecule has 32 heavy (non-hydrogen) atoms. The number of hydrogen-bond acceptors (Lipinski definition) is 4. The fourth-order valence-electron chi connectivity index (χ4n) is 5.01. The van der Waals surface area contributed by atoms with Crippen molar-refractivity contribution < 1.29 is 0 Å². The topological polar surface area (TPSA) is 70.9 Å². The average Bonchev–Trinajstić information content (AvgIpc) is 3.46. The Morgan fingerprint density at radius 1 is 1.09 bits per heavy atom. The largest absolute Gasteiger partial charge is 0.346 e. The zero-order valence-electron chi connectivity index (χ0n) is 19.4. The van der Waals surface area contributed by atoms with Gasteiger partial charge in [-0.15, -0.1) is 5.10 Å². The average molecular weight is 431 g/mol. The van der Waals surface area contributed by atoms with Crippen molar-refractivity contribution in [1.82, 2.24) is 30.1 Å². The minimum Gasteiger partial charge on any atom is -0.346 e. The molecule has 0 bridgehead atoms. The summed E-state index contributed by atoms with van der Waals surface area (Å²) in [6.07, 6.45) is 10.6. The van der Waals surface area contributed by atoms with Gasteiger partial charge >= 0.3 is 0 Å². The Morgan fingerprint density at radius 2 is 1.88 bits per heavy atom. The Hall–Kier alpha value is -2.73. The van der Waals surface area contributed by atoms with E-state index >= 15 is 0 Å². The predicted octanol–water partition coefficient (Wildman–Crippen LogP) is 5.15. The van der Waals surface area contributed by atoms with Crippen LogP contribution in [0.15, 0.2) is 42.9 Å². The van der Waals surface area contributed by atoms with Crippen molar-refractivity contribution in [1.29, 1.82) is 0 Å². The van der Waals surface area contributed by atoms with E-state index in [4.69, 9.17) is 0 Å². The standard InChI is InChI=1S/C26H34N6/c1-4-26(2,3)20-9-5-18(6-10-20)13-15-27-21-11-7-19(8-12-21)23-24-22-14-16-28-25(22)29-17-32(24)31-30-23/h5-6,9-10,14,16-17,19,21,27-28H,4,7-8,11-13,15H2,1-3H3. The highest BCUT2D eigenvalue weighted by Gasteiger charge is 2.26. The lowest BCUT2D eigenvalue weighted by atomic mass is 9.82. The molecule has 0 atom stereocenters. The van der Waals surface area contributed by atoms with Crippen LogP contribution in [0, 0.1) is 0 Å². The Morgan fingerprint density at radius 3 is 2.62 bits per heavy atom. The molecular weight excluding hydrogens is 396 g/mol. The first-order chi connectivity index (χ1) is 15.5. The summed E-state index contributed by atoms with van der Waals surface area (Å²) in [7, 11) is 0. The zero-order valence-corrected chi connectivity index (χ0v) is 19.4. The van der Waals surface area contributed by atoms with Crippen molar-refractivity contribution in [2.75, 3.05) is 6.54 Å². The van der Waals surface area contributed by atoms with Crippen LogP contribution in [0.1, 0.15) is 75.6 Å². The Balaban J connectivity index is 1.15. The molecule has 168 valence electrons. The van der Waals surface area contributed by atoms with Gasteiger partial charge in [0.05, 0.1) is 5.69 Å². The summed E-state index contributed by atoms with van der Waals surface area (Å²) >= 11 is 0. The Kier molecular flexibility index (Phi) is 5.72. The first-order valence-electron chi connectivity index (χ1n) is 12.0. The third-order valence-electron chi connectivity index (χ3n) is 7.58. The highest BCUT2D eigenvalue weighted by molar-refractivity contribution is 5.92. The second kappa shape index (κ2) is 8.66. The molecule has 0 amide bonds. The number of aromatic amines is 1. The molecule has 3 heterocycles. The number of rotatable bonds is 7. The number of H-pyrrole nitrogens is 1. The normalized spacial score (nSPS) is 19.7. The third-order valence-corrected chi connectivity index (χ3v) is 7.58. The van der Waals surface area contributed by atoms with E-state index in [-0.39, 0.29) is 5.41 Å². The summed E-state index contributed by atoms with van der Waals surface area (Å²) in [5.41, 5.74) is 6.26. The molecule has 6 nitrogen and oxygen atoms in total. The van der Waals surface area contributed by atoms with E-state index in [0.717, 1.165) is 54.5 Å². The number of nitrogens with one attached hydrogen (secondary N) is 2. The van der Waals surface area contributed by atoms with E-state index in [0.29, 0.717) is 12.0 Å². The monoisotopic (exact) mass is 430 g/mol. The van der Waals surface area contributed by atoms with E-state index in [2.05, 4.69) is 76.7 Å². The van der Waals surface area contributed by atoms with Gasteiger partial charge in [-0.05, 0) is 67.7 Å². The number of nitrogens with zero attached hydrogens (tertiary/aromatic N) is 4. The molecule has 1 aromatic carbocycles. The minimum atomic E-state index is 0.259. The van der Waals surface area contributed by atoms with Crippen LogP contribution in [0.4, 0.5) is 0 Å². The Bertz CT molecular complexity index is 1180. The second-order valence-corrected chi connectivity index (χ2v) is 9.94. The summed E-state index contributed by atoms with van der Waals surface area (Å²) < 4.78 is 1.82. The van der Waals surface area contributed by atoms with Crippen molar-refractivity contribution in [3.63, 3.8) is 0 Å². The molecule has 4 aromatic rings.